The van der Waals surface area contributed by atoms with Crippen molar-refractivity contribution in [2.45, 2.75) is 64.8 Å². The molecule has 1 N–H and O–H groups in total. The summed E-state index contributed by atoms with van der Waals surface area (Å²) >= 11 is 0. The van der Waals surface area contributed by atoms with E-state index in [1.807, 2.05) is 0 Å². The van der Waals surface area contributed by atoms with Gasteiger partial charge in [0.2, 0.25) is 0 Å². The summed E-state index contributed by atoms with van der Waals surface area (Å²) in [5, 5.41) is 3.84. The molecule has 88 valence electrons. The highest BCUT2D eigenvalue weighted by Gasteiger charge is 2.26. The molecule has 2 aliphatic rings. The van der Waals surface area contributed by atoms with Crippen LogP contribution >= 0.6 is 0 Å². The summed E-state index contributed by atoms with van der Waals surface area (Å²) in [6, 6.07) is 0.826. The van der Waals surface area contributed by atoms with Crippen molar-refractivity contribution in [1.82, 2.24) is 5.32 Å². The van der Waals surface area contributed by atoms with E-state index >= 15 is 0 Å². The van der Waals surface area contributed by atoms with Crippen LogP contribution < -0.4 is 5.32 Å². The molecule has 0 aliphatic heterocycles. The second-order valence-corrected chi connectivity index (χ2v) is 5.94. The monoisotopic (exact) mass is 209 g/mol. The smallest absolute Gasteiger partial charge is 0.00928 e. The first kappa shape index (κ1) is 11.4. The number of hydrogen-bond acceptors (Lipinski definition) is 1. The number of nitrogens with one attached hydrogen (secondary N) is 1. The first-order valence-corrected chi connectivity index (χ1v) is 7.00. The number of rotatable bonds is 3. The summed E-state index contributed by atoms with van der Waals surface area (Å²) in [7, 11) is 0. The molecule has 0 heterocycles. The SMILES string of the molecule is CC1CCCC1CNC1CCCCC1C. The first-order chi connectivity index (χ1) is 7.27. The van der Waals surface area contributed by atoms with Gasteiger partial charge in [-0.25, -0.2) is 0 Å². The van der Waals surface area contributed by atoms with E-state index in [1.165, 1.54) is 51.5 Å². The van der Waals surface area contributed by atoms with Gasteiger partial charge in [0.15, 0.2) is 0 Å². The lowest BCUT2D eigenvalue weighted by atomic mass is 9.85. The van der Waals surface area contributed by atoms with Gasteiger partial charge < -0.3 is 5.32 Å². The van der Waals surface area contributed by atoms with Gasteiger partial charge in [0.1, 0.15) is 0 Å². The summed E-state index contributed by atoms with van der Waals surface area (Å²) in [6.07, 6.45) is 10.2. The summed E-state index contributed by atoms with van der Waals surface area (Å²) in [4.78, 5) is 0. The Hall–Kier alpha value is -0.0400. The molecule has 0 aromatic heterocycles. The van der Waals surface area contributed by atoms with Gasteiger partial charge in [-0.3, -0.25) is 0 Å². The molecule has 0 bridgehead atoms. The maximum Gasteiger partial charge on any atom is 0.00928 e. The van der Waals surface area contributed by atoms with Crippen molar-refractivity contribution < 1.29 is 0 Å². The predicted molar refractivity (Wildman–Crippen MR) is 65.9 cm³/mol. The maximum absolute atomic E-state index is 3.84. The molecule has 2 saturated carbocycles. The Labute approximate surface area is 95.0 Å². The zero-order valence-electron chi connectivity index (χ0n) is 10.5. The van der Waals surface area contributed by atoms with Gasteiger partial charge in [0, 0.05) is 6.04 Å². The van der Waals surface area contributed by atoms with Crippen LogP contribution in [0.2, 0.25) is 0 Å². The van der Waals surface area contributed by atoms with Gasteiger partial charge >= 0.3 is 0 Å². The Balaban J connectivity index is 1.72. The third kappa shape index (κ3) is 2.96. The van der Waals surface area contributed by atoms with Crippen LogP contribution in [0.5, 0.6) is 0 Å². The second kappa shape index (κ2) is 5.34. The van der Waals surface area contributed by atoms with Crippen molar-refractivity contribution in [2.24, 2.45) is 17.8 Å². The summed E-state index contributed by atoms with van der Waals surface area (Å²) in [6.45, 7) is 6.15. The lowest BCUT2D eigenvalue weighted by Gasteiger charge is -2.31. The summed E-state index contributed by atoms with van der Waals surface area (Å²) < 4.78 is 0. The first-order valence-electron chi connectivity index (χ1n) is 7.00. The highest BCUT2D eigenvalue weighted by molar-refractivity contribution is 4.82. The van der Waals surface area contributed by atoms with Crippen LogP contribution in [0.15, 0.2) is 0 Å². The molecule has 2 rings (SSSR count). The van der Waals surface area contributed by atoms with Gasteiger partial charge in [-0.2, -0.15) is 0 Å². The van der Waals surface area contributed by atoms with Crippen LogP contribution in [0.3, 0.4) is 0 Å². The molecule has 0 aromatic rings. The van der Waals surface area contributed by atoms with Crippen LogP contribution in [0.25, 0.3) is 0 Å². The van der Waals surface area contributed by atoms with E-state index in [0.29, 0.717) is 0 Å². The molecule has 1 heteroatoms. The number of hydrogen-bond donors (Lipinski definition) is 1. The Morgan fingerprint density at radius 1 is 0.867 bits per heavy atom. The topological polar surface area (TPSA) is 12.0 Å². The minimum absolute atomic E-state index is 0.826. The molecule has 15 heavy (non-hydrogen) atoms. The Morgan fingerprint density at radius 2 is 1.60 bits per heavy atom. The lowest BCUT2D eigenvalue weighted by Crippen LogP contribution is -2.40. The lowest BCUT2D eigenvalue weighted by molar-refractivity contribution is 0.258. The van der Waals surface area contributed by atoms with Crippen LogP contribution in [-0.2, 0) is 0 Å². The molecule has 2 fully saturated rings. The van der Waals surface area contributed by atoms with Crippen molar-refractivity contribution in [3.8, 4) is 0 Å². The van der Waals surface area contributed by atoms with E-state index in [-0.39, 0.29) is 0 Å². The van der Waals surface area contributed by atoms with Crippen LogP contribution in [0, 0.1) is 17.8 Å². The molecule has 4 atom stereocenters. The van der Waals surface area contributed by atoms with Crippen molar-refractivity contribution >= 4 is 0 Å². The predicted octanol–water partition coefficient (Wildman–Crippen LogP) is 3.59. The average molecular weight is 209 g/mol. The normalized spacial score (nSPS) is 42.0. The van der Waals surface area contributed by atoms with E-state index < -0.39 is 0 Å². The Morgan fingerprint density at radius 3 is 2.27 bits per heavy atom. The second-order valence-electron chi connectivity index (χ2n) is 5.94. The quantitative estimate of drug-likeness (QED) is 0.749. The summed E-state index contributed by atoms with van der Waals surface area (Å²) in [5.74, 6) is 2.85. The molecule has 4 unspecified atom stereocenters. The third-order valence-corrected chi connectivity index (χ3v) is 4.79. The van der Waals surface area contributed by atoms with Gasteiger partial charge in [-0.1, -0.05) is 39.5 Å². The molecule has 0 radical (unpaired) electrons. The van der Waals surface area contributed by atoms with Crippen molar-refractivity contribution in [1.29, 1.82) is 0 Å². The van der Waals surface area contributed by atoms with E-state index in [2.05, 4.69) is 19.2 Å². The molecular formula is C14H27N. The minimum Gasteiger partial charge on any atom is -0.313 e. The van der Waals surface area contributed by atoms with E-state index in [1.54, 1.807) is 0 Å². The van der Waals surface area contributed by atoms with E-state index in [4.69, 9.17) is 0 Å². The Kier molecular flexibility index (Phi) is 4.07. The van der Waals surface area contributed by atoms with Crippen molar-refractivity contribution in [3.63, 3.8) is 0 Å². The molecule has 0 saturated heterocycles. The highest BCUT2D eigenvalue weighted by atomic mass is 14.9. The van der Waals surface area contributed by atoms with Gasteiger partial charge in [-0.05, 0) is 43.6 Å². The van der Waals surface area contributed by atoms with E-state index in [9.17, 15) is 0 Å². The average Bonchev–Trinajstić information content (AvgIpc) is 2.63. The minimum atomic E-state index is 0.826. The highest BCUT2D eigenvalue weighted by Crippen LogP contribution is 2.31. The molecule has 0 aromatic carbocycles. The van der Waals surface area contributed by atoms with Gasteiger partial charge in [0.05, 0.1) is 0 Å². The largest absolute Gasteiger partial charge is 0.313 e. The van der Waals surface area contributed by atoms with Crippen molar-refractivity contribution in [3.05, 3.63) is 0 Å². The molecular weight excluding hydrogens is 182 g/mol. The third-order valence-electron chi connectivity index (χ3n) is 4.79. The Bertz CT molecular complexity index is 190. The van der Waals surface area contributed by atoms with E-state index in [0.717, 1.165) is 23.8 Å². The fraction of sp³-hybridized carbons (Fsp3) is 1.00. The zero-order chi connectivity index (χ0) is 10.7. The zero-order valence-corrected chi connectivity index (χ0v) is 10.5. The fourth-order valence-electron chi connectivity index (χ4n) is 3.45. The van der Waals surface area contributed by atoms with Crippen LogP contribution in [-0.4, -0.2) is 12.6 Å². The van der Waals surface area contributed by atoms with Gasteiger partial charge in [-0.15, -0.1) is 0 Å². The molecule has 0 amide bonds. The van der Waals surface area contributed by atoms with Crippen molar-refractivity contribution in [2.75, 3.05) is 6.54 Å². The maximum atomic E-state index is 3.84. The summed E-state index contributed by atoms with van der Waals surface area (Å²) in [5.41, 5.74) is 0. The van der Waals surface area contributed by atoms with Crippen LogP contribution in [0.4, 0.5) is 0 Å². The molecule has 1 nitrogen and oxygen atoms in total. The molecule has 0 spiro atoms. The fourth-order valence-corrected chi connectivity index (χ4v) is 3.45. The van der Waals surface area contributed by atoms with Gasteiger partial charge in [0.25, 0.3) is 0 Å². The molecule has 2 aliphatic carbocycles. The van der Waals surface area contributed by atoms with Crippen LogP contribution in [0.1, 0.15) is 58.8 Å². The standard InChI is InChI=1S/C14H27N/c1-11-7-5-8-13(11)10-15-14-9-4-3-6-12(14)2/h11-15H,3-10H2,1-2H3.